The molecule has 0 fully saturated rings. The number of hydrogen-bond acceptors (Lipinski definition) is 0. The predicted octanol–water partition coefficient (Wildman–Crippen LogP) is 11.6. The molecule has 2 nitrogen and oxygen atoms in total. The fourth-order valence-electron chi connectivity index (χ4n) is 7.16. The second-order valence-electron chi connectivity index (χ2n) is 11.2. The summed E-state index contributed by atoms with van der Waals surface area (Å²) < 4.78 is 2.34. The molecule has 9 rings (SSSR count). The van der Waals surface area contributed by atoms with Crippen LogP contribution in [0, 0.1) is 6.57 Å². The van der Waals surface area contributed by atoms with Crippen LogP contribution in [0.15, 0.2) is 146 Å². The van der Waals surface area contributed by atoms with Gasteiger partial charge in [-0.1, -0.05) is 121 Å². The van der Waals surface area contributed by atoms with Gasteiger partial charge in [0.05, 0.1) is 17.6 Å². The Bertz CT molecular complexity index is 2560. The van der Waals surface area contributed by atoms with Crippen molar-refractivity contribution in [3.63, 3.8) is 0 Å². The largest absolute Gasteiger partial charge is 0.309 e. The van der Waals surface area contributed by atoms with Gasteiger partial charge in [0.15, 0.2) is 5.69 Å². The molecule has 0 N–H and O–H groups in total. The molecular formula is C41H24N2. The highest BCUT2D eigenvalue weighted by Crippen LogP contribution is 2.46. The van der Waals surface area contributed by atoms with E-state index in [4.69, 9.17) is 6.57 Å². The van der Waals surface area contributed by atoms with E-state index in [-0.39, 0.29) is 0 Å². The van der Waals surface area contributed by atoms with Crippen molar-refractivity contribution < 1.29 is 0 Å². The van der Waals surface area contributed by atoms with Crippen LogP contribution >= 0.6 is 0 Å². The summed E-state index contributed by atoms with van der Waals surface area (Å²) in [6.07, 6.45) is 0. The van der Waals surface area contributed by atoms with Crippen molar-refractivity contribution in [1.29, 1.82) is 0 Å². The van der Waals surface area contributed by atoms with Crippen LogP contribution in [0.25, 0.3) is 86.9 Å². The Kier molecular flexibility index (Phi) is 5.00. The first kappa shape index (κ1) is 23.8. The molecule has 2 heteroatoms. The number of aromatic nitrogens is 1. The maximum Gasteiger partial charge on any atom is 0.195 e. The van der Waals surface area contributed by atoms with Crippen molar-refractivity contribution in [3.8, 4) is 27.9 Å². The zero-order chi connectivity index (χ0) is 28.5. The van der Waals surface area contributed by atoms with Crippen molar-refractivity contribution in [2.45, 2.75) is 0 Å². The highest BCUT2D eigenvalue weighted by molar-refractivity contribution is 6.29. The van der Waals surface area contributed by atoms with Crippen LogP contribution in [0.2, 0.25) is 0 Å². The maximum absolute atomic E-state index is 7.86. The minimum absolute atomic E-state index is 0.691. The third-order valence-corrected chi connectivity index (χ3v) is 9.00. The molecule has 0 saturated heterocycles. The van der Waals surface area contributed by atoms with Gasteiger partial charge in [0.25, 0.3) is 0 Å². The average Bonchev–Trinajstić information content (AvgIpc) is 3.42. The quantitative estimate of drug-likeness (QED) is 0.155. The first-order valence-electron chi connectivity index (χ1n) is 14.6. The van der Waals surface area contributed by atoms with Gasteiger partial charge in [-0.2, -0.15) is 0 Å². The number of benzene rings is 8. The lowest BCUT2D eigenvalue weighted by atomic mass is 9.88. The van der Waals surface area contributed by atoms with Crippen molar-refractivity contribution >= 4 is 59.8 Å². The summed E-state index contributed by atoms with van der Waals surface area (Å²) >= 11 is 0. The monoisotopic (exact) mass is 544 g/mol. The summed E-state index contributed by atoms with van der Waals surface area (Å²) in [6, 6.07) is 52.0. The molecule has 1 aromatic heterocycles. The van der Waals surface area contributed by atoms with Crippen molar-refractivity contribution in [2.75, 3.05) is 0 Å². The van der Waals surface area contributed by atoms with Gasteiger partial charge >= 0.3 is 0 Å². The number of para-hydroxylation sites is 1. The third kappa shape index (κ3) is 3.34. The molecule has 8 aromatic carbocycles. The molecule has 0 aliphatic rings. The van der Waals surface area contributed by atoms with Gasteiger partial charge in [-0.05, 0) is 78.8 Å². The lowest BCUT2D eigenvalue weighted by Gasteiger charge is -2.16. The topological polar surface area (TPSA) is 9.29 Å². The fourth-order valence-corrected chi connectivity index (χ4v) is 7.16. The minimum Gasteiger partial charge on any atom is -0.309 e. The van der Waals surface area contributed by atoms with E-state index in [0.29, 0.717) is 5.69 Å². The molecule has 0 aliphatic carbocycles. The molecule has 0 spiro atoms. The standard InChI is InChI=1S/C41H24N2/c1-42-37-23-25-39-41-36(37)21-20-35-34(22-24-38(40(35)41)43(39)27-12-3-2-4-13-27)33-19-18-32(30-15-7-8-16-31(30)33)29-17-9-11-26-10-5-6-14-28(26)29/h2-25H. The zero-order valence-electron chi connectivity index (χ0n) is 23.3. The molecule has 43 heavy (non-hydrogen) atoms. The highest BCUT2D eigenvalue weighted by atomic mass is 15.0. The lowest BCUT2D eigenvalue weighted by molar-refractivity contribution is 1.18. The third-order valence-electron chi connectivity index (χ3n) is 9.00. The Morgan fingerprint density at radius 2 is 0.930 bits per heavy atom. The van der Waals surface area contributed by atoms with Crippen molar-refractivity contribution in [3.05, 3.63) is 157 Å². The number of fused-ring (bicyclic) bond motifs is 2. The van der Waals surface area contributed by atoms with E-state index in [1.807, 2.05) is 6.07 Å². The second kappa shape index (κ2) is 9.05. The fraction of sp³-hybridized carbons (Fsp3) is 0. The SMILES string of the molecule is [C-]#[N+]c1ccc2c3c1ccc1c(-c4ccc(-c5cccc6ccccc56)c5ccccc45)ccc(c13)n2-c1ccccc1. The van der Waals surface area contributed by atoms with Crippen LogP contribution in [0.5, 0.6) is 0 Å². The van der Waals surface area contributed by atoms with Gasteiger partial charge in [0.2, 0.25) is 0 Å². The molecule has 0 atom stereocenters. The first-order chi connectivity index (χ1) is 21.3. The smallest absolute Gasteiger partial charge is 0.195 e. The normalized spacial score (nSPS) is 11.7. The van der Waals surface area contributed by atoms with Crippen LogP contribution in [0.1, 0.15) is 0 Å². The molecule has 0 aliphatic heterocycles. The van der Waals surface area contributed by atoms with E-state index in [1.54, 1.807) is 0 Å². The molecule has 198 valence electrons. The Hall–Kier alpha value is -5.91. The maximum atomic E-state index is 7.86. The molecular weight excluding hydrogens is 520 g/mol. The van der Waals surface area contributed by atoms with E-state index in [2.05, 4.69) is 149 Å². The summed E-state index contributed by atoms with van der Waals surface area (Å²) in [4.78, 5) is 3.88. The lowest BCUT2D eigenvalue weighted by Crippen LogP contribution is -1.93. The molecule has 0 bridgehead atoms. The Labute approximate surface area is 248 Å². The molecule has 9 aromatic rings. The first-order valence-corrected chi connectivity index (χ1v) is 14.6. The van der Waals surface area contributed by atoms with Crippen LogP contribution in [-0.2, 0) is 0 Å². The van der Waals surface area contributed by atoms with Crippen molar-refractivity contribution in [1.82, 2.24) is 4.57 Å². The Balaban J connectivity index is 1.36. The number of rotatable bonds is 3. The number of hydrogen-bond donors (Lipinski definition) is 0. The zero-order valence-corrected chi connectivity index (χ0v) is 23.3. The van der Waals surface area contributed by atoms with Gasteiger partial charge in [0, 0.05) is 16.5 Å². The predicted molar refractivity (Wildman–Crippen MR) is 182 cm³/mol. The van der Waals surface area contributed by atoms with E-state index in [0.717, 1.165) is 27.5 Å². The van der Waals surface area contributed by atoms with E-state index < -0.39 is 0 Å². The molecule has 1 heterocycles. The van der Waals surface area contributed by atoms with Crippen LogP contribution in [0.3, 0.4) is 0 Å². The van der Waals surface area contributed by atoms with Gasteiger partial charge in [0.1, 0.15) is 0 Å². The summed E-state index contributed by atoms with van der Waals surface area (Å²) in [5.41, 5.74) is 9.01. The Morgan fingerprint density at radius 1 is 0.395 bits per heavy atom. The van der Waals surface area contributed by atoms with Crippen molar-refractivity contribution in [2.24, 2.45) is 0 Å². The van der Waals surface area contributed by atoms with E-state index >= 15 is 0 Å². The molecule has 0 unspecified atom stereocenters. The summed E-state index contributed by atoms with van der Waals surface area (Å²) in [5.74, 6) is 0. The second-order valence-corrected chi connectivity index (χ2v) is 11.2. The number of nitrogens with zero attached hydrogens (tertiary/aromatic N) is 2. The van der Waals surface area contributed by atoms with Crippen LogP contribution in [-0.4, -0.2) is 4.57 Å². The summed E-state index contributed by atoms with van der Waals surface area (Å²) in [5, 5.41) is 9.56. The van der Waals surface area contributed by atoms with Gasteiger partial charge in [-0.3, -0.25) is 0 Å². The van der Waals surface area contributed by atoms with E-state index in [1.165, 1.54) is 54.6 Å². The minimum atomic E-state index is 0.691. The molecule has 0 saturated carbocycles. The van der Waals surface area contributed by atoms with Gasteiger partial charge in [-0.15, -0.1) is 0 Å². The van der Waals surface area contributed by atoms with Gasteiger partial charge < -0.3 is 4.57 Å². The van der Waals surface area contributed by atoms with Crippen LogP contribution in [0.4, 0.5) is 5.69 Å². The summed E-state index contributed by atoms with van der Waals surface area (Å²) in [7, 11) is 0. The highest BCUT2D eigenvalue weighted by Gasteiger charge is 2.21. The van der Waals surface area contributed by atoms with E-state index in [9.17, 15) is 0 Å². The molecule has 0 radical (unpaired) electrons. The van der Waals surface area contributed by atoms with Gasteiger partial charge in [-0.25, -0.2) is 4.85 Å². The molecule has 0 amide bonds. The average molecular weight is 545 g/mol. The Morgan fingerprint density at radius 3 is 1.67 bits per heavy atom. The summed E-state index contributed by atoms with van der Waals surface area (Å²) in [6.45, 7) is 7.86. The van der Waals surface area contributed by atoms with Crippen LogP contribution < -0.4 is 0 Å².